The van der Waals surface area contributed by atoms with Crippen LogP contribution in [0.5, 0.6) is 0 Å². The quantitative estimate of drug-likeness (QED) is 0.405. The van der Waals surface area contributed by atoms with Crippen molar-refractivity contribution in [3.05, 3.63) is 21.7 Å². The molecule has 0 aromatic carbocycles. The first-order valence-corrected chi connectivity index (χ1v) is 5.95. The maximum Gasteiger partial charge on any atom is 0.277 e. The average Bonchev–Trinajstić information content (AvgIpc) is 2.62. The van der Waals surface area contributed by atoms with Gasteiger partial charge in [0.15, 0.2) is 0 Å². The highest BCUT2D eigenvalue weighted by Gasteiger charge is 2.19. The molecule has 90 valence electrons. The van der Waals surface area contributed by atoms with Crippen LogP contribution in [0.15, 0.2) is 0 Å². The van der Waals surface area contributed by atoms with Gasteiger partial charge >= 0.3 is 0 Å². The zero-order valence-corrected chi connectivity index (χ0v) is 10.7. The second kappa shape index (κ2) is 3.97. The van der Waals surface area contributed by atoms with E-state index in [2.05, 4.69) is 10.4 Å². The highest BCUT2D eigenvalue weighted by molar-refractivity contribution is 7.21. The minimum Gasteiger partial charge on any atom is -0.397 e. The molecule has 0 aliphatic rings. The van der Waals surface area contributed by atoms with E-state index in [0.29, 0.717) is 10.6 Å². The summed E-state index contributed by atoms with van der Waals surface area (Å²) in [7, 11) is 0. The average molecular weight is 250 g/mol. The number of fused-ring (bicyclic) bond motifs is 1. The Kier molecular flexibility index (Phi) is 2.76. The number of rotatable bonds is 1. The van der Waals surface area contributed by atoms with Crippen molar-refractivity contribution in [2.75, 3.05) is 5.73 Å². The Hall–Kier alpha value is -1.66. The van der Waals surface area contributed by atoms with E-state index in [9.17, 15) is 4.79 Å². The Balaban J connectivity index is 2.83. The van der Waals surface area contributed by atoms with Crippen molar-refractivity contribution < 1.29 is 4.79 Å². The van der Waals surface area contributed by atoms with Crippen molar-refractivity contribution in [2.24, 2.45) is 5.84 Å². The fourth-order valence-corrected chi connectivity index (χ4v) is 2.91. The largest absolute Gasteiger partial charge is 0.397 e. The van der Waals surface area contributed by atoms with Crippen molar-refractivity contribution in [3.8, 4) is 0 Å². The molecular formula is C11H14N4OS. The van der Waals surface area contributed by atoms with Crippen LogP contribution in [0.3, 0.4) is 0 Å². The molecule has 1 amide bonds. The van der Waals surface area contributed by atoms with E-state index in [-0.39, 0.29) is 5.91 Å². The van der Waals surface area contributed by atoms with Crippen LogP contribution < -0.4 is 17.0 Å². The zero-order chi connectivity index (χ0) is 12.7. The summed E-state index contributed by atoms with van der Waals surface area (Å²) in [5, 5.41) is 0.858. The Labute approximate surface area is 103 Å². The lowest BCUT2D eigenvalue weighted by atomic mass is 10.1. The normalized spacial score (nSPS) is 10.8. The van der Waals surface area contributed by atoms with Crippen LogP contribution in [-0.4, -0.2) is 10.9 Å². The fraction of sp³-hybridized carbons (Fsp3) is 0.273. The topological polar surface area (TPSA) is 94.0 Å². The van der Waals surface area contributed by atoms with Gasteiger partial charge in [0, 0.05) is 11.1 Å². The van der Waals surface area contributed by atoms with Gasteiger partial charge in [0.2, 0.25) is 0 Å². The predicted molar refractivity (Wildman–Crippen MR) is 69.9 cm³/mol. The van der Waals surface area contributed by atoms with Gasteiger partial charge in [0.05, 0.1) is 5.69 Å². The van der Waals surface area contributed by atoms with Crippen LogP contribution in [0.1, 0.15) is 26.5 Å². The van der Waals surface area contributed by atoms with Gasteiger partial charge in [-0.3, -0.25) is 10.2 Å². The van der Waals surface area contributed by atoms with Gasteiger partial charge in [-0.15, -0.1) is 11.3 Å². The second-order valence-electron chi connectivity index (χ2n) is 3.95. The van der Waals surface area contributed by atoms with Crippen molar-refractivity contribution >= 4 is 33.1 Å². The van der Waals surface area contributed by atoms with Crippen molar-refractivity contribution in [3.63, 3.8) is 0 Å². The SMILES string of the molecule is Cc1nc2sc(C(=O)NN)c(N)c2c(C)c1C. The third-order valence-corrected chi connectivity index (χ3v) is 4.11. The van der Waals surface area contributed by atoms with Crippen LogP contribution in [-0.2, 0) is 0 Å². The summed E-state index contributed by atoms with van der Waals surface area (Å²) in [5.41, 5.74) is 11.7. The fourth-order valence-electron chi connectivity index (χ4n) is 1.80. The molecular weight excluding hydrogens is 236 g/mol. The van der Waals surface area contributed by atoms with E-state index in [0.717, 1.165) is 27.0 Å². The number of carbonyl (C=O) groups excluding carboxylic acids is 1. The number of anilines is 1. The van der Waals surface area contributed by atoms with Crippen molar-refractivity contribution in [2.45, 2.75) is 20.8 Å². The molecule has 0 fully saturated rings. The number of aromatic nitrogens is 1. The lowest BCUT2D eigenvalue weighted by molar-refractivity contribution is 0.0958. The first-order valence-electron chi connectivity index (χ1n) is 5.14. The molecule has 0 aliphatic heterocycles. The molecule has 2 aromatic rings. The van der Waals surface area contributed by atoms with Crippen LogP contribution in [0.25, 0.3) is 10.2 Å². The van der Waals surface area contributed by atoms with E-state index < -0.39 is 0 Å². The number of thiophene rings is 1. The molecule has 2 rings (SSSR count). The summed E-state index contributed by atoms with van der Waals surface area (Å²) < 4.78 is 0. The Morgan fingerprint density at radius 3 is 2.53 bits per heavy atom. The van der Waals surface area contributed by atoms with Gasteiger partial charge < -0.3 is 5.73 Å². The molecule has 0 aliphatic carbocycles. The third kappa shape index (κ3) is 1.65. The van der Waals surface area contributed by atoms with E-state index in [4.69, 9.17) is 11.6 Å². The molecule has 0 bridgehead atoms. The Morgan fingerprint density at radius 2 is 1.94 bits per heavy atom. The molecule has 0 saturated carbocycles. The van der Waals surface area contributed by atoms with Crippen LogP contribution in [0, 0.1) is 20.8 Å². The molecule has 2 heterocycles. The van der Waals surface area contributed by atoms with Gasteiger partial charge in [0.1, 0.15) is 9.71 Å². The zero-order valence-electron chi connectivity index (χ0n) is 9.92. The summed E-state index contributed by atoms with van der Waals surface area (Å²) in [6.07, 6.45) is 0. The van der Waals surface area contributed by atoms with E-state index in [1.54, 1.807) is 0 Å². The smallest absolute Gasteiger partial charge is 0.277 e. The highest BCUT2D eigenvalue weighted by atomic mass is 32.1. The minimum absolute atomic E-state index is 0.375. The van der Waals surface area contributed by atoms with E-state index in [1.165, 1.54) is 11.3 Å². The number of nitrogens with one attached hydrogen (secondary N) is 1. The number of nitrogens with two attached hydrogens (primary N) is 2. The van der Waals surface area contributed by atoms with Gasteiger partial charge in [0.25, 0.3) is 5.91 Å². The standard InChI is InChI=1S/C11H14N4OS/c1-4-5(2)7-8(12)9(10(16)15-13)17-11(7)14-6(4)3/h12-13H2,1-3H3,(H,15,16). The van der Waals surface area contributed by atoms with Crippen molar-refractivity contribution in [1.29, 1.82) is 0 Å². The minimum atomic E-state index is -0.375. The number of hydrogen-bond donors (Lipinski definition) is 3. The maximum absolute atomic E-state index is 11.6. The number of aryl methyl sites for hydroxylation is 2. The lowest BCUT2D eigenvalue weighted by Gasteiger charge is -2.05. The number of nitrogens with zero attached hydrogens (tertiary/aromatic N) is 1. The molecule has 5 N–H and O–H groups in total. The monoisotopic (exact) mass is 250 g/mol. The maximum atomic E-state index is 11.6. The predicted octanol–water partition coefficient (Wildman–Crippen LogP) is 1.41. The molecule has 5 nitrogen and oxygen atoms in total. The summed E-state index contributed by atoms with van der Waals surface area (Å²) in [4.78, 5) is 17.2. The van der Waals surface area contributed by atoms with E-state index >= 15 is 0 Å². The number of amides is 1. The first-order chi connectivity index (χ1) is 7.97. The Bertz CT molecular complexity index is 618. The molecule has 17 heavy (non-hydrogen) atoms. The number of pyridine rings is 1. The third-order valence-electron chi connectivity index (χ3n) is 3.01. The molecule has 0 radical (unpaired) electrons. The molecule has 0 saturated heterocycles. The van der Waals surface area contributed by atoms with Gasteiger partial charge in [-0.2, -0.15) is 0 Å². The lowest BCUT2D eigenvalue weighted by Crippen LogP contribution is -2.29. The molecule has 0 atom stereocenters. The van der Waals surface area contributed by atoms with Crippen LogP contribution in [0.2, 0.25) is 0 Å². The van der Waals surface area contributed by atoms with Gasteiger partial charge in [-0.25, -0.2) is 10.8 Å². The van der Waals surface area contributed by atoms with Gasteiger partial charge in [-0.1, -0.05) is 0 Å². The highest BCUT2D eigenvalue weighted by Crippen LogP contribution is 2.36. The summed E-state index contributed by atoms with van der Waals surface area (Å²) in [6, 6.07) is 0. The van der Waals surface area contributed by atoms with Gasteiger partial charge in [-0.05, 0) is 31.9 Å². The van der Waals surface area contributed by atoms with Crippen LogP contribution in [0.4, 0.5) is 5.69 Å². The summed E-state index contributed by atoms with van der Waals surface area (Å²) in [5.74, 6) is 4.75. The Morgan fingerprint density at radius 1 is 1.29 bits per heavy atom. The number of hydrazine groups is 1. The number of carbonyl (C=O) groups is 1. The molecule has 6 heteroatoms. The number of hydrogen-bond acceptors (Lipinski definition) is 5. The van der Waals surface area contributed by atoms with E-state index in [1.807, 2.05) is 20.8 Å². The van der Waals surface area contributed by atoms with Crippen molar-refractivity contribution in [1.82, 2.24) is 10.4 Å². The second-order valence-corrected chi connectivity index (χ2v) is 4.94. The summed E-state index contributed by atoms with van der Waals surface area (Å²) in [6.45, 7) is 5.93. The first kappa shape index (κ1) is 11.8. The summed E-state index contributed by atoms with van der Waals surface area (Å²) >= 11 is 1.27. The van der Waals surface area contributed by atoms with Crippen LogP contribution >= 0.6 is 11.3 Å². The molecule has 0 spiro atoms. The number of nitrogen functional groups attached to an aromatic ring is 2. The molecule has 0 unspecified atom stereocenters. The molecule has 2 aromatic heterocycles.